The third-order valence-corrected chi connectivity index (χ3v) is 1.57. The van der Waals surface area contributed by atoms with E-state index in [4.69, 9.17) is 5.11 Å². The van der Waals surface area contributed by atoms with Gasteiger partial charge in [0, 0.05) is 11.8 Å². The fraction of sp³-hybridized carbons (Fsp3) is 0.250. The average Bonchev–Trinajstić information content (AvgIpc) is 2.16. The number of nitro groups is 1. The van der Waals surface area contributed by atoms with E-state index in [1.54, 1.807) is 6.92 Å². The molecule has 86 valence electrons. The van der Waals surface area contributed by atoms with E-state index in [1.807, 2.05) is 0 Å². The Bertz CT molecular complexity index is 420. The topological polar surface area (TPSA) is 115 Å². The second kappa shape index (κ2) is 5.03. The summed E-state index contributed by atoms with van der Waals surface area (Å²) in [5, 5.41) is 18.9. The van der Waals surface area contributed by atoms with Crippen LogP contribution < -0.4 is 5.48 Å². The maximum absolute atomic E-state index is 10.6. The van der Waals surface area contributed by atoms with E-state index < -0.39 is 17.5 Å². The Kier molecular flexibility index (Phi) is 3.72. The zero-order valence-corrected chi connectivity index (χ0v) is 8.34. The summed E-state index contributed by atoms with van der Waals surface area (Å²) in [6.45, 7) is 1.03. The summed E-state index contributed by atoms with van der Waals surface area (Å²) >= 11 is 0. The van der Waals surface area contributed by atoms with Gasteiger partial charge in [-0.05, 0) is 13.0 Å². The minimum Gasteiger partial charge on any atom is -0.479 e. The lowest BCUT2D eigenvalue weighted by Gasteiger charge is -2.05. The van der Waals surface area contributed by atoms with Crippen LogP contribution in [0.1, 0.15) is 5.69 Å². The monoisotopic (exact) mass is 227 g/mol. The predicted molar refractivity (Wildman–Crippen MR) is 52.8 cm³/mol. The summed E-state index contributed by atoms with van der Waals surface area (Å²) in [6, 6.07) is 2.73. The highest BCUT2D eigenvalue weighted by Crippen LogP contribution is 2.21. The van der Waals surface area contributed by atoms with Gasteiger partial charge in [0.2, 0.25) is 5.82 Å². The smallest absolute Gasteiger partial charge is 0.332 e. The highest BCUT2D eigenvalue weighted by molar-refractivity contribution is 5.68. The second-order valence-electron chi connectivity index (χ2n) is 2.86. The van der Waals surface area contributed by atoms with Crippen LogP contribution in [0, 0.1) is 17.0 Å². The lowest BCUT2D eigenvalue weighted by Crippen LogP contribution is -2.13. The quantitative estimate of drug-likeness (QED) is 0.562. The van der Waals surface area contributed by atoms with Gasteiger partial charge in [0.1, 0.15) is 0 Å². The van der Waals surface area contributed by atoms with E-state index in [2.05, 4.69) is 15.3 Å². The summed E-state index contributed by atoms with van der Waals surface area (Å²) in [6.07, 6.45) is 0. The lowest BCUT2D eigenvalue weighted by molar-refractivity contribution is -0.384. The molecule has 0 aliphatic carbocycles. The van der Waals surface area contributed by atoms with E-state index in [1.165, 1.54) is 12.1 Å². The van der Waals surface area contributed by atoms with Crippen molar-refractivity contribution < 1.29 is 19.7 Å². The molecule has 16 heavy (non-hydrogen) atoms. The number of nitrogens with zero attached hydrogens (tertiary/aromatic N) is 2. The predicted octanol–water partition coefficient (Wildman–Crippen LogP) is 0.726. The molecule has 0 saturated carbocycles. The van der Waals surface area contributed by atoms with Gasteiger partial charge in [-0.15, -0.1) is 0 Å². The van der Waals surface area contributed by atoms with Crippen LogP contribution in [0.3, 0.4) is 0 Å². The molecule has 0 amide bonds. The number of anilines is 1. The fourth-order valence-corrected chi connectivity index (χ4v) is 0.938. The number of hydrogen-bond acceptors (Lipinski definition) is 6. The maximum atomic E-state index is 10.6. The number of hydrogen-bond donors (Lipinski definition) is 2. The third-order valence-electron chi connectivity index (χ3n) is 1.57. The van der Waals surface area contributed by atoms with E-state index in [9.17, 15) is 14.9 Å². The van der Waals surface area contributed by atoms with Crippen molar-refractivity contribution in [2.75, 3.05) is 12.1 Å². The SMILES string of the molecule is Cc1ccc([N+](=O)[O-])c(NOCC(=O)O)n1. The molecule has 0 unspecified atom stereocenters. The van der Waals surface area contributed by atoms with Crippen LogP contribution in [0.2, 0.25) is 0 Å². The van der Waals surface area contributed by atoms with Crippen LogP contribution in [0.4, 0.5) is 11.5 Å². The number of pyridine rings is 1. The molecular weight excluding hydrogens is 218 g/mol. The first-order valence-electron chi connectivity index (χ1n) is 4.22. The molecule has 0 aliphatic rings. The molecule has 8 heteroatoms. The molecule has 0 bridgehead atoms. The second-order valence-corrected chi connectivity index (χ2v) is 2.86. The van der Waals surface area contributed by atoms with Gasteiger partial charge in [-0.1, -0.05) is 0 Å². The molecule has 0 fully saturated rings. The highest BCUT2D eigenvalue weighted by atomic mass is 16.7. The van der Waals surface area contributed by atoms with Gasteiger partial charge in [0.25, 0.3) is 0 Å². The normalized spacial score (nSPS) is 9.81. The number of carboxylic acids is 1. The fourth-order valence-electron chi connectivity index (χ4n) is 0.938. The Balaban J connectivity index is 2.80. The van der Waals surface area contributed by atoms with Crippen LogP contribution in [-0.2, 0) is 9.63 Å². The van der Waals surface area contributed by atoms with E-state index in [-0.39, 0.29) is 11.5 Å². The van der Waals surface area contributed by atoms with Crippen molar-refractivity contribution in [2.24, 2.45) is 0 Å². The van der Waals surface area contributed by atoms with Gasteiger partial charge in [-0.2, -0.15) is 0 Å². The largest absolute Gasteiger partial charge is 0.479 e. The van der Waals surface area contributed by atoms with Gasteiger partial charge in [0.15, 0.2) is 6.61 Å². The molecule has 1 heterocycles. The third kappa shape index (κ3) is 3.17. The first kappa shape index (κ1) is 11.9. The Morgan fingerprint density at radius 2 is 2.38 bits per heavy atom. The van der Waals surface area contributed by atoms with E-state index >= 15 is 0 Å². The summed E-state index contributed by atoms with van der Waals surface area (Å²) in [5.74, 6) is -1.31. The molecule has 0 spiro atoms. The van der Waals surface area contributed by atoms with Crippen molar-refractivity contribution in [2.45, 2.75) is 6.92 Å². The van der Waals surface area contributed by atoms with Crippen LogP contribution >= 0.6 is 0 Å². The lowest BCUT2D eigenvalue weighted by atomic mass is 10.3. The van der Waals surface area contributed by atoms with Gasteiger partial charge in [-0.3, -0.25) is 15.0 Å². The Morgan fingerprint density at radius 1 is 1.69 bits per heavy atom. The van der Waals surface area contributed by atoms with E-state index in [0.717, 1.165) is 0 Å². The summed E-state index contributed by atoms with van der Waals surface area (Å²) in [4.78, 5) is 28.4. The highest BCUT2D eigenvalue weighted by Gasteiger charge is 2.15. The molecule has 8 nitrogen and oxygen atoms in total. The number of aliphatic carboxylic acids is 1. The molecule has 1 aromatic heterocycles. The molecule has 0 saturated heterocycles. The number of aromatic nitrogens is 1. The van der Waals surface area contributed by atoms with Crippen molar-refractivity contribution in [1.29, 1.82) is 0 Å². The first-order chi connectivity index (χ1) is 7.50. The Hall–Kier alpha value is -2.22. The van der Waals surface area contributed by atoms with Crippen LogP contribution in [0.15, 0.2) is 12.1 Å². The van der Waals surface area contributed by atoms with Crippen LogP contribution in [-0.4, -0.2) is 27.6 Å². The number of rotatable bonds is 5. The molecule has 1 rings (SSSR count). The van der Waals surface area contributed by atoms with Crippen LogP contribution in [0.5, 0.6) is 0 Å². The van der Waals surface area contributed by atoms with Gasteiger partial charge >= 0.3 is 11.7 Å². The summed E-state index contributed by atoms with van der Waals surface area (Å²) in [5.41, 5.74) is 2.40. The van der Waals surface area contributed by atoms with Crippen molar-refractivity contribution in [3.8, 4) is 0 Å². The zero-order valence-electron chi connectivity index (χ0n) is 8.34. The molecule has 1 aromatic rings. The van der Waals surface area contributed by atoms with Gasteiger partial charge in [-0.25, -0.2) is 15.3 Å². The Morgan fingerprint density at radius 3 is 2.94 bits per heavy atom. The van der Waals surface area contributed by atoms with Crippen LogP contribution in [0.25, 0.3) is 0 Å². The van der Waals surface area contributed by atoms with Crippen molar-refractivity contribution in [3.63, 3.8) is 0 Å². The summed E-state index contributed by atoms with van der Waals surface area (Å²) in [7, 11) is 0. The molecule has 0 atom stereocenters. The molecule has 0 aromatic carbocycles. The number of nitrogens with one attached hydrogen (secondary N) is 1. The number of carboxylic acid groups (broad SMARTS) is 1. The Labute approximate surface area is 90.0 Å². The minimum atomic E-state index is -1.19. The molecule has 0 radical (unpaired) electrons. The molecule has 0 aliphatic heterocycles. The van der Waals surface area contributed by atoms with Crippen molar-refractivity contribution in [3.05, 3.63) is 27.9 Å². The van der Waals surface area contributed by atoms with Crippen molar-refractivity contribution >= 4 is 17.5 Å². The standard InChI is InChI=1S/C8H9N3O5/c1-5-2-3-6(11(14)15)8(9-5)10-16-4-7(12)13/h2-3H,4H2,1H3,(H,9,10)(H,12,13). The van der Waals surface area contributed by atoms with E-state index in [0.29, 0.717) is 5.69 Å². The zero-order chi connectivity index (χ0) is 12.1. The van der Waals surface area contributed by atoms with Gasteiger partial charge in [0.05, 0.1) is 4.92 Å². The maximum Gasteiger partial charge on any atom is 0.332 e. The number of carbonyl (C=O) groups is 1. The first-order valence-corrected chi connectivity index (χ1v) is 4.22. The summed E-state index contributed by atoms with van der Waals surface area (Å²) < 4.78 is 0. The van der Waals surface area contributed by atoms with Crippen molar-refractivity contribution in [1.82, 2.24) is 4.98 Å². The molecule has 2 N–H and O–H groups in total. The van der Waals surface area contributed by atoms with Gasteiger partial charge < -0.3 is 5.11 Å². The molecular formula is C8H9N3O5. The average molecular weight is 227 g/mol. The number of aryl methyl sites for hydroxylation is 1. The minimum absolute atomic E-state index is 0.119.